The smallest absolute Gasteiger partial charge is 0.331 e. The molecule has 61 heavy (non-hydrogen) atoms. The van der Waals surface area contributed by atoms with Crippen LogP contribution in [-0.4, -0.2) is 108 Å². The second kappa shape index (κ2) is 23.5. The minimum atomic E-state index is -1.50. The van der Waals surface area contributed by atoms with Gasteiger partial charge in [-0.1, -0.05) is 83.8 Å². The molecule has 1 aliphatic rings. The Balaban J connectivity index is 2.67. The van der Waals surface area contributed by atoms with Crippen molar-refractivity contribution in [3.8, 4) is 0 Å². The predicted octanol–water partition coefficient (Wildman–Crippen LogP) is 5.13. The Morgan fingerprint density at radius 1 is 0.934 bits per heavy atom. The van der Waals surface area contributed by atoms with Crippen molar-refractivity contribution in [2.24, 2.45) is 23.7 Å². The first-order valence-corrected chi connectivity index (χ1v) is 21.7. The van der Waals surface area contributed by atoms with E-state index in [0.717, 1.165) is 5.57 Å². The zero-order chi connectivity index (χ0) is 46.5. The molecule has 0 saturated heterocycles. The average molecular weight is 872 g/mol. The van der Waals surface area contributed by atoms with Crippen LogP contribution >= 0.6 is 11.6 Å². The third-order valence-corrected chi connectivity index (χ3v) is 11.9. The SMILES string of the molecule is C/C=C(\C)[C@H]1OC(=O)C(C)(C)NC(=O)C([C@@H](C)CC)NC(=O)CN(C)C(=O)[C@@H](Cc2ccc(Cl)cc2)N(C)C(=O)[C@H](C)NC(=O)[C@@H](CC(C)C)NC(=O)/C(C)=C/C[C@H](C)[C@@H]1C. The molecule has 1 aromatic rings. The van der Waals surface area contributed by atoms with Crippen molar-refractivity contribution in [3.63, 3.8) is 0 Å². The third kappa shape index (κ3) is 15.3. The number of carbonyl (C=O) groups excluding carboxylic acids is 7. The summed E-state index contributed by atoms with van der Waals surface area (Å²) >= 11 is 6.13. The highest BCUT2D eigenvalue weighted by Gasteiger charge is 2.39. The lowest BCUT2D eigenvalue weighted by Crippen LogP contribution is -2.60. The van der Waals surface area contributed by atoms with Crippen LogP contribution in [0.5, 0.6) is 0 Å². The number of ether oxygens (including phenoxy) is 1. The van der Waals surface area contributed by atoms with E-state index in [4.69, 9.17) is 16.3 Å². The molecule has 2 rings (SSSR count). The van der Waals surface area contributed by atoms with Crippen molar-refractivity contribution in [2.45, 2.75) is 145 Å². The van der Waals surface area contributed by atoms with Gasteiger partial charge < -0.3 is 35.8 Å². The summed E-state index contributed by atoms with van der Waals surface area (Å²) in [4.78, 5) is 99.4. The number of rotatable bonds is 7. The van der Waals surface area contributed by atoms with Crippen LogP contribution in [-0.2, 0) is 44.7 Å². The average Bonchev–Trinajstić information content (AvgIpc) is 3.20. The molecule has 4 N–H and O–H groups in total. The summed E-state index contributed by atoms with van der Waals surface area (Å²) in [7, 11) is 2.88. The van der Waals surface area contributed by atoms with Crippen LogP contribution < -0.4 is 21.3 Å². The molecule has 1 aliphatic heterocycles. The number of allylic oxidation sites excluding steroid dienone is 2. The lowest BCUT2D eigenvalue weighted by molar-refractivity contribution is -0.159. The molecule has 1 aromatic carbocycles. The molecule has 0 aromatic heterocycles. The standard InChI is InChI=1S/C46H71ClN6O8/c1-15-27(5)38-42(57)51-46(11,12)45(60)61-39(28(6)16-2)31(9)29(7)17-18-30(8)40(55)49-35(23-26(3)4)41(56)48-32(10)43(58)53(14)36(24-33-19-21-34(47)22-20-33)44(59)52(13)25-37(54)50-38/h16,18-22,26-27,29,31-32,35-36,38-39H,15,17,23-25H2,1-14H3,(H,48,56)(H,49,55)(H,50,54)(H,51,57)/b28-16+,30-18+/t27-,29-,31-,32-,35+,36+,38?,39+/m0/s1. The van der Waals surface area contributed by atoms with E-state index < -0.39 is 83.8 Å². The molecule has 0 aliphatic carbocycles. The van der Waals surface area contributed by atoms with Gasteiger partial charge in [0.25, 0.3) is 0 Å². The summed E-state index contributed by atoms with van der Waals surface area (Å²) in [5.74, 6) is -4.70. The minimum absolute atomic E-state index is 0.0117. The van der Waals surface area contributed by atoms with Crippen molar-refractivity contribution >= 4 is 53.0 Å². The molecule has 14 nitrogen and oxygen atoms in total. The van der Waals surface area contributed by atoms with E-state index in [2.05, 4.69) is 21.3 Å². The molecule has 15 heteroatoms. The fourth-order valence-electron chi connectivity index (χ4n) is 6.96. The quantitative estimate of drug-likeness (QED) is 0.215. The Morgan fingerprint density at radius 3 is 2.10 bits per heavy atom. The molecule has 8 atom stereocenters. The summed E-state index contributed by atoms with van der Waals surface area (Å²) in [6.45, 7) is 21.0. The van der Waals surface area contributed by atoms with Gasteiger partial charge in [-0.3, -0.25) is 28.8 Å². The molecule has 1 heterocycles. The number of amides is 6. The van der Waals surface area contributed by atoms with E-state index >= 15 is 0 Å². The van der Waals surface area contributed by atoms with Gasteiger partial charge in [0.15, 0.2) is 0 Å². The van der Waals surface area contributed by atoms with Crippen molar-refractivity contribution in [3.05, 3.63) is 58.1 Å². The van der Waals surface area contributed by atoms with Crippen LogP contribution in [0.3, 0.4) is 0 Å². The molecule has 0 radical (unpaired) electrons. The van der Waals surface area contributed by atoms with Crippen molar-refractivity contribution in [1.82, 2.24) is 31.1 Å². The summed E-state index contributed by atoms with van der Waals surface area (Å²) in [5.41, 5.74) is 0.380. The summed E-state index contributed by atoms with van der Waals surface area (Å²) in [6, 6.07) is 2.53. The zero-order valence-corrected chi connectivity index (χ0v) is 39.5. The van der Waals surface area contributed by atoms with Gasteiger partial charge in [0.05, 0.1) is 6.54 Å². The Morgan fingerprint density at radius 2 is 1.54 bits per heavy atom. The van der Waals surface area contributed by atoms with Gasteiger partial charge in [-0.05, 0) is 101 Å². The van der Waals surface area contributed by atoms with E-state index in [1.165, 1.54) is 44.7 Å². The number of halogens is 1. The van der Waals surface area contributed by atoms with Gasteiger partial charge in [-0.2, -0.15) is 0 Å². The van der Waals surface area contributed by atoms with Gasteiger partial charge in [-0.25, -0.2) is 4.79 Å². The van der Waals surface area contributed by atoms with E-state index in [0.29, 0.717) is 35.4 Å². The normalized spacial score (nSPS) is 27.9. The number of nitrogens with zero attached hydrogens (tertiary/aromatic N) is 2. The van der Waals surface area contributed by atoms with Gasteiger partial charge in [0.1, 0.15) is 35.8 Å². The fourth-order valence-corrected chi connectivity index (χ4v) is 7.09. The van der Waals surface area contributed by atoms with Crippen molar-refractivity contribution in [1.29, 1.82) is 0 Å². The molecule has 340 valence electrons. The topological polar surface area (TPSA) is 183 Å². The van der Waals surface area contributed by atoms with E-state index in [1.54, 1.807) is 44.2 Å². The lowest BCUT2D eigenvalue weighted by Gasteiger charge is -2.34. The molecular weight excluding hydrogens is 800 g/mol. The zero-order valence-electron chi connectivity index (χ0n) is 38.7. The molecule has 0 spiro atoms. The number of hydrogen-bond acceptors (Lipinski definition) is 8. The maximum Gasteiger partial charge on any atom is 0.331 e. The van der Waals surface area contributed by atoms with Gasteiger partial charge in [0.2, 0.25) is 35.4 Å². The number of carbonyl (C=O) groups is 7. The van der Waals surface area contributed by atoms with Crippen LogP contribution in [0.25, 0.3) is 0 Å². The van der Waals surface area contributed by atoms with Crippen LogP contribution in [0.1, 0.15) is 108 Å². The Kier molecular flexibility index (Phi) is 20.2. The number of nitrogens with one attached hydrogen (secondary N) is 4. The lowest BCUT2D eigenvalue weighted by atomic mass is 9.84. The minimum Gasteiger partial charge on any atom is -0.456 e. The van der Waals surface area contributed by atoms with Gasteiger partial charge >= 0.3 is 5.97 Å². The molecule has 0 fully saturated rings. The highest BCUT2D eigenvalue weighted by atomic mass is 35.5. The molecule has 6 amide bonds. The fraction of sp³-hybridized carbons (Fsp3) is 0.630. The maximum atomic E-state index is 14.2. The first-order chi connectivity index (χ1) is 28.3. The molecule has 0 bridgehead atoms. The Bertz CT molecular complexity index is 1790. The summed E-state index contributed by atoms with van der Waals surface area (Å²) in [6.07, 6.45) is 4.30. The van der Waals surface area contributed by atoms with Crippen molar-refractivity contribution in [2.75, 3.05) is 20.6 Å². The third-order valence-electron chi connectivity index (χ3n) is 11.7. The second-order valence-corrected chi connectivity index (χ2v) is 18.2. The highest BCUT2D eigenvalue weighted by molar-refractivity contribution is 6.30. The van der Waals surface area contributed by atoms with E-state index in [9.17, 15) is 33.6 Å². The summed E-state index contributed by atoms with van der Waals surface area (Å²) < 4.78 is 6.14. The van der Waals surface area contributed by atoms with E-state index in [-0.39, 0.29) is 30.1 Å². The van der Waals surface area contributed by atoms with E-state index in [1.807, 2.05) is 54.5 Å². The first kappa shape index (κ1) is 52.4. The van der Waals surface area contributed by atoms with Crippen molar-refractivity contribution < 1.29 is 38.3 Å². The summed E-state index contributed by atoms with van der Waals surface area (Å²) in [5, 5.41) is 11.6. The second-order valence-electron chi connectivity index (χ2n) is 17.7. The van der Waals surface area contributed by atoms with Crippen LogP contribution in [0.2, 0.25) is 5.02 Å². The number of hydrogen-bond donors (Lipinski definition) is 4. The van der Waals surface area contributed by atoms with Crippen LogP contribution in [0, 0.1) is 23.7 Å². The highest BCUT2D eigenvalue weighted by Crippen LogP contribution is 2.28. The monoisotopic (exact) mass is 871 g/mol. The van der Waals surface area contributed by atoms with Crippen LogP contribution in [0.15, 0.2) is 47.6 Å². The first-order valence-electron chi connectivity index (χ1n) is 21.3. The number of benzene rings is 1. The van der Waals surface area contributed by atoms with Gasteiger partial charge in [-0.15, -0.1) is 0 Å². The predicted molar refractivity (Wildman–Crippen MR) is 238 cm³/mol. The number of cyclic esters (lactones) is 1. The number of esters is 1. The van der Waals surface area contributed by atoms with Gasteiger partial charge in [0, 0.05) is 31.1 Å². The van der Waals surface area contributed by atoms with Crippen LogP contribution in [0.4, 0.5) is 0 Å². The number of likely N-dealkylation sites (N-methyl/N-ethyl adjacent to an activating group) is 2. The molecule has 0 saturated carbocycles. The maximum absolute atomic E-state index is 14.2. The molecular formula is C46H71ClN6O8. The Labute approximate surface area is 368 Å². The Hall–Kier alpha value is -4.72. The largest absolute Gasteiger partial charge is 0.456 e. The molecule has 1 unspecified atom stereocenters.